The molecule has 1 aromatic heterocycles. The summed E-state index contributed by atoms with van der Waals surface area (Å²) in [6.07, 6.45) is 0.149. The first-order valence-corrected chi connectivity index (χ1v) is 7.55. The van der Waals surface area contributed by atoms with Gasteiger partial charge in [-0.3, -0.25) is 4.79 Å². The zero-order chi connectivity index (χ0) is 15.0. The smallest absolute Gasteiger partial charge is 0.325 e. The number of sulfonamides is 1. The second kappa shape index (κ2) is 5.15. The molecule has 20 heavy (non-hydrogen) atoms. The van der Waals surface area contributed by atoms with Gasteiger partial charge < -0.3 is 14.4 Å². The van der Waals surface area contributed by atoms with Crippen LogP contribution >= 0.6 is 0 Å². The monoisotopic (exact) mass is 304 g/mol. The van der Waals surface area contributed by atoms with Crippen molar-refractivity contribution in [2.45, 2.75) is 37.1 Å². The van der Waals surface area contributed by atoms with Crippen molar-refractivity contribution in [1.29, 1.82) is 0 Å². The molecule has 0 spiro atoms. The van der Waals surface area contributed by atoms with Gasteiger partial charge >= 0.3 is 5.97 Å². The Labute approximate surface area is 116 Å². The fraction of sp³-hybridized carbons (Fsp3) is 0.636. The molecule has 1 aliphatic heterocycles. The van der Waals surface area contributed by atoms with Crippen molar-refractivity contribution in [2.75, 3.05) is 13.2 Å². The molecule has 8 nitrogen and oxygen atoms in total. The molecule has 1 saturated heterocycles. The SMILES string of the molecule is Cc1noc(C)c1S(=O)(=O)NC1(C(=O)O)CCOCC1. The number of carboxylic acid groups (broad SMARTS) is 1. The van der Waals surface area contributed by atoms with Crippen LogP contribution in [0.1, 0.15) is 24.3 Å². The van der Waals surface area contributed by atoms with Gasteiger partial charge in [0.2, 0.25) is 10.0 Å². The van der Waals surface area contributed by atoms with Gasteiger partial charge in [-0.2, -0.15) is 4.72 Å². The maximum Gasteiger partial charge on any atom is 0.325 e. The average molecular weight is 304 g/mol. The molecule has 0 unspecified atom stereocenters. The Bertz CT molecular complexity index is 595. The molecular formula is C11H16N2O6S. The van der Waals surface area contributed by atoms with Crippen LogP contribution in [-0.2, 0) is 19.6 Å². The number of aliphatic carboxylic acids is 1. The Morgan fingerprint density at radius 3 is 2.40 bits per heavy atom. The minimum Gasteiger partial charge on any atom is -0.480 e. The van der Waals surface area contributed by atoms with Gasteiger partial charge in [0.25, 0.3) is 0 Å². The van der Waals surface area contributed by atoms with E-state index in [1.807, 2.05) is 0 Å². The predicted octanol–water partition coefficient (Wildman–Crippen LogP) is 0.204. The number of carbonyl (C=O) groups is 1. The van der Waals surface area contributed by atoms with E-state index in [0.29, 0.717) is 0 Å². The van der Waals surface area contributed by atoms with Gasteiger partial charge in [0.05, 0.1) is 0 Å². The molecule has 2 rings (SSSR count). The summed E-state index contributed by atoms with van der Waals surface area (Å²) >= 11 is 0. The fourth-order valence-electron chi connectivity index (χ4n) is 2.25. The molecule has 2 heterocycles. The largest absolute Gasteiger partial charge is 0.480 e. The zero-order valence-electron chi connectivity index (χ0n) is 11.2. The number of hydrogen-bond acceptors (Lipinski definition) is 6. The number of nitrogens with zero attached hydrogens (tertiary/aromatic N) is 1. The molecule has 9 heteroatoms. The summed E-state index contributed by atoms with van der Waals surface area (Å²) in [4.78, 5) is 11.4. The Morgan fingerprint density at radius 2 is 1.95 bits per heavy atom. The summed E-state index contributed by atoms with van der Waals surface area (Å²) in [5, 5.41) is 12.9. The van der Waals surface area contributed by atoms with Crippen LogP contribution in [0.3, 0.4) is 0 Å². The number of ether oxygens (including phenoxy) is 1. The van der Waals surface area contributed by atoms with Crippen molar-refractivity contribution < 1.29 is 27.6 Å². The van der Waals surface area contributed by atoms with E-state index in [1.54, 1.807) is 0 Å². The molecule has 1 aliphatic rings. The van der Waals surface area contributed by atoms with Crippen LogP contribution in [0.2, 0.25) is 0 Å². The van der Waals surface area contributed by atoms with E-state index >= 15 is 0 Å². The number of carboxylic acids is 1. The van der Waals surface area contributed by atoms with E-state index in [0.717, 1.165) is 0 Å². The lowest BCUT2D eigenvalue weighted by atomic mass is 9.92. The quantitative estimate of drug-likeness (QED) is 0.815. The summed E-state index contributed by atoms with van der Waals surface area (Å²) < 4.78 is 37.0. The van der Waals surface area contributed by atoms with Crippen LogP contribution < -0.4 is 4.72 Å². The molecule has 1 fully saturated rings. The van der Waals surface area contributed by atoms with E-state index in [-0.39, 0.29) is 42.4 Å². The van der Waals surface area contributed by atoms with Crippen molar-refractivity contribution in [3.05, 3.63) is 11.5 Å². The Balaban J connectivity index is 2.38. The van der Waals surface area contributed by atoms with E-state index in [1.165, 1.54) is 13.8 Å². The van der Waals surface area contributed by atoms with Crippen molar-refractivity contribution >= 4 is 16.0 Å². The third kappa shape index (κ3) is 2.56. The standard InChI is InChI=1S/C11H16N2O6S/c1-7-9(8(2)19-12-7)20(16,17)13-11(10(14)15)3-5-18-6-4-11/h13H,3-6H2,1-2H3,(H,14,15). The molecule has 0 radical (unpaired) electrons. The number of aromatic nitrogens is 1. The maximum atomic E-state index is 12.4. The molecular weight excluding hydrogens is 288 g/mol. The van der Waals surface area contributed by atoms with Crippen molar-refractivity contribution in [3.63, 3.8) is 0 Å². The molecule has 2 N–H and O–H groups in total. The van der Waals surface area contributed by atoms with Crippen LogP contribution in [0.15, 0.2) is 9.42 Å². The lowest BCUT2D eigenvalue weighted by molar-refractivity contribution is -0.147. The molecule has 0 amide bonds. The zero-order valence-corrected chi connectivity index (χ0v) is 12.0. The molecule has 0 atom stereocenters. The highest BCUT2D eigenvalue weighted by molar-refractivity contribution is 7.89. The Kier molecular flexibility index (Phi) is 3.85. The second-order valence-electron chi connectivity index (χ2n) is 4.76. The van der Waals surface area contributed by atoms with Crippen LogP contribution in [0.4, 0.5) is 0 Å². The Hall–Kier alpha value is -1.45. The summed E-state index contributed by atoms with van der Waals surface area (Å²) in [6.45, 7) is 3.33. The van der Waals surface area contributed by atoms with E-state index in [4.69, 9.17) is 9.26 Å². The molecule has 0 aromatic carbocycles. The van der Waals surface area contributed by atoms with Gasteiger partial charge in [-0.25, -0.2) is 8.42 Å². The highest BCUT2D eigenvalue weighted by Gasteiger charge is 2.44. The van der Waals surface area contributed by atoms with E-state index in [9.17, 15) is 18.3 Å². The lowest BCUT2D eigenvalue weighted by Gasteiger charge is -2.33. The van der Waals surface area contributed by atoms with Gasteiger partial charge in [-0.1, -0.05) is 5.16 Å². The van der Waals surface area contributed by atoms with E-state index in [2.05, 4.69) is 9.88 Å². The average Bonchev–Trinajstić information content (AvgIpc) is 2.70. The normalized spacial score (nSPS) is 18.9. The minimum atomic E-state index is -4.02. The van der Waals surface area contributed by atoms with Crippen LogP contribution in [0, 0.1) is 13.8 Å². The summed E-state index contributed by atoms with van der Waals surface area (Å²) in [5.74, 6) is -1.08. The van der Waals surface area contributed by atoms with Crippen LogP contribution in [-0.4, -0.2) is 43.4 Å². The van der Waals surface area contributed by atoms with Gasteiger partial charge in [0.1, 0.15) is 16.1 Å². The predicted molar refractivity (Wildman–Crippen MR) is 66.7 cm³/mol. The minimum absolute atomic E-state index is 0.0743. The van der Waals surface area contributed by atoms with Crippen LogP contribution in [0.5, 0.6) is 0 Å². The third-order valence-electron chi connectivity index (χ3n) is 3.32. The van der Waals surface area contributed by atoms with Crippen molar-refractivity contribution in [2.24, 2.45) is 0 Å². The number of nitrogens with one attached hydrogen (secondary N) is 1. The summed E-state index contributed by atoms with van der Waals surface area (Å²) in [6, 6.07) is 0. The molecule has 112 valence electrons. The van der Waals surface area contributed by atoms with E-state index < -0.39 is 21.5 Å². The van der Waals surface area contributed by atoms with Crippen molar-refractivity contribution in [3.8, 4) is 0 Å². The van der Waals surface area contributed by atoms with Crippen molar-refractivity contribution in [1.82, 2.24) is 9.88 Å². The first kappa shape index (κ1) is 14.9. The third-order valence-corrected chi connectivity index (χ3v) is 5.10. The summed E-state index contributed by atoms with van der Waals surface area (Å²) in [5.41, 5.74) is -1.35. The lowest BCUT2D eigenvalue weighted by Crippen LogP contribution is -2.57. The molecule has 0 saturated carbocycles. The highest BCUT2D eigenvalue weighted by atomic mass is 32.2. The summed E-state index contributed by atoms with van der Waals surface area (Å²) in [7, 11) is -4.02. The maximum absolute atomic E-state index is 12.4. The number of aryl methyl sites for hydroxylation is 2. The highest BCUT2D eigenvalue weighted by Crippen LogP contribution is 2.26. The fourth-order valence-corrected chi connectivity index (χ4v) is 4.00. The van der Waals surface area contributed by atoms with Gasteiger partial charge in [0, 0.05) is 26.1 Å². The topological polar surface area (TPSA) is 119 Å². The molecule has 0 bridgehead atoms. The van der Waals surface area contributed by atoms with Gasteiger partial charge in [-0.15, -0.1) is 0 Å². The number of hydrogen-bond donors (Lipinski definition) is 2. The second-order valence-corrected chi connectivity index (χ2v) is 6.38. The number of rotatable bonds is 4. The van der Waals surface area contributed by atoms with Gasteiger partial charge in [0.15, 0.2) is 5.76 Å². The first-order valence-electron chi connectivity index (χ1n) is 6.06. The van der Waals surface area contributed by atoms with Crippen LogP contribution in [0.25, 0.3) is 0 Å². The molecule has 1 aromatic rings. The molecule has 0 aliphatic carbocycles. The van der Waals surface area contributed by atoms with Gasteiger partial charge in [-0.05, 0) is 13.8 Å². The first-order chi connectivity index (χ1) is 9.28. The Morgan fingerprint density at radius 1 is 1.35 bits per heavy atom.